The summed E-state index contributed by atoms with van der Waals surface area (Å²) in [5.74, 6) is -0.811. The molecule has 1 saturated heterocycles. The van der Waals surface area contributed by atoms with Gasteiger partial charge in [-0.3, -0.25) is 4.79 Å². The minimum Gasteiger partial charge on any atom is -0.339 e. The molecule has 0 spiro atoms. The van der Waals surface area contributed by atoms with E-state index in [4.69, 9.17) is 11.6 Å². The van der Waals surface area contributed by atoms with Crippen molar-refractivity contribution in [1.29, 1.82) is 0 Å². The third kappa shape index (κ3) is 3.02. The Morgan fingerprint density at radius 3 is 2.33 bits per heavy atom. The fourth-order valence-corrected chi connectivity index (χ4v) is 2.55. The zero-order chi connectivity index (χ0) is 13.0. The molecule has 0 atom stereocenters. The largest absolute Gasteiger partial charge is 0.339 e. The zero-order valence-corrected chi connectivity index (χ0v) is 11.0. The fourth-order valence-electron chi connectivity index (χ4n) is 2.31. The minimum atomic E-state index is -0.533. The second kappa shape index (κ2) is 6.19. The predicted molar refractivity (Wildman–Crippen MR) is 70.4 cm³/mol. The van der Waals surface area contributed by atoms with Crippen LogP contribution in [0.5, 0.6) is 0 Å². The highest BCUT2D eigenvalue weighted by Crippen LogP contribution is 2.22. The molecule has 0 N–H and O–H groups in total. The summed E-state index contributed by atoms with van der Waals surface area (Å²) in [6.45, 7) is 1.40. The standard InChI is InChI=1S/C14H17ClFNO/c15-11-7-6-8-12(16)13(11)14(18)17-9-4-2-1-3-5-10-17/h6-8H,1-5,9-10H2. The number of likely N-dealkylation sites (tertiary alicyclic amines) is 1. The van der Waals surface area contributed by atoms with Crippen molar-refractivity contribution in [2.75, 3.05) is 13.1 Å². The highest BCUT2D eigenvalue weighted by Gasteiger charge is 2.22. The molecule has 1 aliphatic rings. The lowest BCUT2D eigenvalue weighted by Crippen LogP contribution is -2.34. The van der Waals surface area contributed by atoms with Crippen LogP contribution in [0.2, 0.25) is 5.02 Å². The Morgan fingerprint density at radius 2 is 1.72 bits per heavy atom. The summed E-state index contributed by atoms with van der Waals surface area (Å²) >= 11 is 5.93. The van der Waals surface area contributed by atoms with Crippen LogP contribution >= 0.6 is 11.6 Å². The smallest absolute Gasteiger partial charge is 0.258 e. The monoisotopic (exact) mass is 269 g/mol. The third-order valence-electron chi connectivity index (χ3n) is 3.32. The van der Waals surface area contributed by atoms with Crippen molar-refractivity contribution < 1.29 is 9.18 Å². The normalized spacial score (nSPS) is 17.1. The van der Waals surface area contributed by atoms with Crippen LogP contribution in [0.4, 0.5) is 4.39 Å². The topological polar surface area (TPSA) is 20.3 Å². The number of hydrogen-bond donors (Lipinski definition) is 0. The van der Waals surface area contributed by atoms with Crippen molar-refractivity contribution in [3.63, 3.8) is 0 Å². The maximum atomic E-state index is 13.7. The van der Waals surface area contributed by atoms with Gasteiger partial charge in [0.1, 0.15) is 5.82 Å². The number of rotatable bonds is 1. The Kier molecular flexibility index (Phi) is 4.59. The molecule has 98 valence electrons. The first-order valence-electron chi connectivity index (χ1n) is 6.43. The molecule has 1 heterocycles. The second-order valence-corrected chi connectivity index (χ2v) is 5.06. The average molecular weight is 270 g/mol. The SMILES string of the molecule is O=C(c1c(F)cccc1Cl)N1CCCCCCC1. The van der Waals surface area contributed by atoms with E-state index in [0.717, 1.165) is 25.7 Å². The van der Waals surface area contributed by atoms with E-state index in [-0.39, 0.29) is 16.5 Å². The molecule has 1 aliphatic heterocycles. The number of halogens is 2. The first kappa shape index (κ1) is 13.3. The number of carbonyl (C=O) groups is 1. The summed E-state index contributed by atoms with van der Waals surface area (Å²) in [6.07, 6.45) is 5.46. The molecule has 0 unspecified atom stereocenters. The first-order chi connectivity index (χ1) is 8.70. The fraction of sp³-hybridized carbons (Fsp3) is 0.500. The summed E-state index contributed by atoms with van der Waals surface area (Å²) < 4.78 is 13.7. The average Bonchev–Trinajstić information content (AvgIpc) is 2.27. The van der Waals surface area contributed by atoms with Gasteiger partial charge in [0.05, 0.1) is 10.6 Å². The Hall–Kier alpha value is -1.09. The maximum absolute atomic E-state index is 13.7. The van der Waals surface area contributed by atoms with Crippen molar-refractivity contribution in [2.45, 2.75) is 32.1 Å². The summed E-state index contributed by atoms with van der Waals surface area (Å²) in [6, 6.07) is 4.35. The molecule has 0 aliphatic carbocycles. The van der Waals surface area contributed by atoms with Gasteiger partial charge in [0.25, 0.3) is 5.91 Å². The van der Waals surface area contributed by atoms with Gasteiger partial charge < -0.3 is 4.90 Å². The van der Waals surface area contributed by atoms with Gasteiger partial charge in [-0.15, -0.1) is 0 Å². The molecule has 1 aromatic carbocycles. The van der Waals surface area contributed by atoms with Crippen molar-refractivity contribution in [2.24, 2.45) is 0 Å². The molecule has 0 radical (unpaired) electrons. The summed E-state index contributed by atoms with van der Waals surface area (Å²) in [7, 11) is 0. The third-order valence-corrected chi connectivity index (χ3v) is 3.63. The highest BCUT2D eigenvalue weighted by atomic mass is 35.5. The van der Waals surface area contributed by atoms with Crippen LogP contribution in [0.15, 0.2) is 18.2 Å². The predicted octanol–water partition coefficient (Wildman–Crippen LogP) is 3.89. The van der Waals surface area contributed by atoms with E-state index >= 15 is 0 Å². The molecule has 1 fully saturated rings. The summed E-state index contributed by atoms with van der Waals surface area (Å²) in [5.41, 5.74) is 0.0136. The number of benzene rings is 1. The molecular weight excluding hydrogens is 253 g/mol. The van der Waals surface area contributed by atoms with E-state index in [9.17, 15) is 9.18 Å². The van der Waals surface area contributed by atoms with Crippen molar-refractivity contribution in [1.82, 2.24) is 4.90 Å². The highest BCUT2D eigenvalue weighted by molar-refractivity contribution is 6.33. The van der Waals surface area contributed by atoms with Gasteiger partial charge in [-0.05, 0) is 25.0 Å². The van der Waals surface area contributed by atoms with Crippen molar-refractivity contribution in [3.05, 3.63) is 34.6 Å². The molecule has 0 bridgehead atoms. The molecule has 1 aromatic rings. The Morgan fingerprint density at radius 1 is 1.11 bits per heavy atom. The van der Waals surface area contributed by atoms with Gasteiger partial charge in [0, 0.05) is 13.1 Å². The van der Waals surface area contributed by atoms with Crippen LogP contribution in [0.1, 0.15) is 42.5 Å². The van der Waals surface area contributed by atoms with Crippen LogP contribution in [0.25, 0.3) is 0 Å². The van der Waals surface area contributed by atoms with Crippen LogP contribution < -0.4 is 0 Å². The minimum absolute atomic E-state index is 0.0136. The number of amides is 1. The number of hydrogen-bond acceptors (Lipinski definition) is 1. The summed E-state index contributed by atoms with van der Waals surface area (Å²) in [4.78, 5) is 14.0. The summed E-state index contributed by atoms with van der Waals surface area (Å²) in [5, 5.41) is 0.196. The van der Waals surface area contributed by atoms with Crippen LogP contribution in [0.3, 0.4) is 0 Å². The van der Waals surface area contributed by atoms with E-state index in [1.165, 1.54) is 18.6 Å². The van der Waals surface area contributed by atoms with Gasteiger partial charge in [-0.2, -0.15) is 0 Å². The lowest BCUT2D eigenvalue weighted by molar-refractivity contribution is 0.0738. The van der Waals surface area contributed by atoms with Crippen LogP contribution in [-0.4, -0.2) is 23.9 Å². The van der Waals surface area contributed by atoms with E-state index in [0.29, 0.717) is 13.1 Å². The maximum Gasteiger partial charge on any atom is 0.258 e. The molecule has 2 rings (SSSR count). The molecule has 4 heteroatoms. The first-order valence-corrected chi connectivity index (χ1v) is 6.81. The molecule has 18 heavy (non-hydrogen) atoms. The van der Waals surface area contributed by atoms with Crippen molar-refractivity contribution >= 4 is 17.5 Å². The Labute approximate surface area is 112 Å². The second-order valence-electron chi connectivity index (χ2n) is 4.66. The molecule has 0 aromatic heterocycles. The molecule has 0 saturated carbocycles. The van der Waals surface area contributed by atoms with Gasteiger partial charge in [-0.1, -0.05) is 36.9 Å². The molecular formula is C14H17ClFNO. The van der Waals surface area contributed by atoms with Gasteiger partial charge in [0.15, 0.2) is 0 Å². The molecule has 2 nitrogen and oxygen atoms in total. The van der Waals surface area contributed by atoms with Gasteiger partial charge >= 0.3 is 0 Å². The van der Waals surface area contributed by atoms with Crippen LogP contribution in [-0.2, 0) is 0 Å². The van der Waals surface area contributed by atoms with Gasteiger partial charge in [0.2, 0.25) is 0 Å². The van der Waals surface area contributed by atoms with Gasteiger partial charge in [-0.25, -0.2) is 4.39 Å². The van der Waals surface area contributed by atoms with Crippen LogP contribution in [0, 0.1) is 5.82 Å². The van der Waals surface area contributed by atoms with E-state index < -0.39 is 5.82 Å². The van der Waals surface area contributed by atoms with E-state index in [1.54, 1.807) is 11.0 Å². The van der Waals surface area contributed by atoms with E-state index in [1.807, 2.05) is 0 Å². The Balaban J connectivity index is 2.18. The van der Waals surface area contributed by atoms with Crippen molar-refractivity contribution in [3.8, 4) is 0 Å². The zero-order valence-electron chi connectivity index (χ0n) is 10.3. The number of nitrogens with zero attached hydrogens (tertiary/aromatic N) is 1. The molecule has 1 amide bonds. The Bertz CT molecular complexity index is 408. The quantitative estimate of drug-likeness (QED) is 0.757. The lowest BCUT2D eigenvalue weighted by atomic mass is 10.1. The lowest BCUT2D eigenvalue weighted by Gasteiger charge is -2.25. The number of carbonyl (C=O) groups excluding carboxylic acids is 1. The van der Waals surface area contributed by atoms with E-state index in [2.05, 4.69) is 0 Å².